The van der Waals surface area contributed by atoms with Gasteiger partial charge in [0, 0.05) is 55.9 Å². The molecule has 3 aliphatic carbocycles. The van der Waals surface area contributed by atoms with Crippen LogP contribution in [0, 0.1) is 17.3 Å². The molecule has 0 spiro atoms. The van der Waals surface area contributed by atoms with Crippen LogP contribution in [0.2, 0.25) is 5.02 Å². The number of allylic oxidation sites excluding steroid dienone is 1. The molecule has 3 saturated carbocycles. The fraction of sp³-hybridized carbons (Fsp3) is 0.625. The van der Waals surface area contributed by atoms with Gasteiger partial charge in [0.25, 0.3) is 0 Å². The lowest BCUT2D eigenvalue weighted by molar-refractivity contribution is -0.152. The molecule has 67 heavy (non-hydrogen) atoms. The van der Waals surface area contributed by atoms with Gasteiger partial charge in [0.05, 0.1) is 47.2 Å². The smallest absolute Gasteiger partial charge is 0.410 e. The molecule has 6 fully saturated rings. The number of aromatic nitrogens is 2. The SMILES string of the molecule is C=C[C@@H]1C[C@]1(CC(=O)[C@@H]1C[C@@H](Oc2cc(-c3nc(C(C)C)cs3)nc3c(Cl)c(OCCN4CCOCC4)ccc23)[C@H]2CN(C(=O)OC3CCCC3)[C@H](C(C)C)C(=O)N21)C(=O)NS(=O)(=O)C1CC1. The first-order valence-corrected chi connectivity index (χ1v) is 26.6. The molecule has 3 saturated heterocycles. The van der Waals surface area contributed by atoms with Crippen molar-refractivity contribution in [2.75, 3.05) is 46.0 Å². The molecule has 9 rings (SSSR count). The number of nitrogens with one attached hydrogen (secondary N) is 1. The van der Waals surface area contributed by atoms with E-state index in [1.54, 1.807) is 23.1 Å². The van der Waals surface area contributed by atoms with E-state index in [0.717, 1.165) is 44.5 Å². The normalized spacial score (nSPS) is 26.9. The number of ether oxygens (including phenoxy) is 4. The zero-order chi connectivity index (χ0) is 47.4. The molecule has 0 bridgehead atoms. The highest BCUT2D eigenvalue weighted by atomic mass is 35.5. The number of fused-ring (bicyclic) bond motifs is 2. The van der Waals surface area contributed by atoms with Gasteiger partial charge in [0.15, 0.2) is 5.78 Å². The molecule has 2 aromatic heterocycles. The fourth-order valence-electron chi connectivity index (χ4n) is 10.3. The van der Waals surface area contributed by atoms with Crippen LogP contribution < -0.4 is 14.2 Å². The highest BCUT2D eigenvalue weighted by molar-refractivity contribution is 7.90. The van der Waals surface area contributed by atoms with Crippen molar-refractivity contribution in [2.45, 2.75) is 127 Å². The summed E-state index contributed by atoms with van der Waals surface area (Å²) >= 11 is 8.63. The third-order valence-electron chi connectivity index (χ3n) is 14.4. The van der Waals surface area contributed by atoms with Crippen LogP contribution >= 0.6 is 22.9 Å². The maximum Gasteiger partial charge on any atom is 0.410 e. The minimum absolute atomic E-state index is 0.0249. The number of thiazole rings is 1. The molecule has 16 nitrogen and oxygen atoms in total. The molecule has 3 aromatic rings. The molecule has 6 aliphatic rings. The average Bonchev–Trinajstić information content (AvgIpc) is 4.09. The van der Waals surface area contributed by atoms with Crippen molar-refractivity contribution >= 4 is 67.6 Å². The number of carbonyl (C=O) groups is 4. The molecular formula is C48H61ClN6O10S2. The van der Waals surface area contributed by atoms with Crippen LogP contribution in [-0.2, 0) is 33.9 Å². The summed E-state index contributed by atoms with van der Waals surface area (Å²) in [6, 6.07) is 2.62. The monoisotopic (exact) mass is 980 g/mol. The van der Waals surface area contributed by atoms with Gasteiger partial charge < -0.3 is 23.8 Å². The molecule has 362 valence electrons. The Kier molecular flexibility index (Phi) is 13.7. The number of rotatable bonds is 17. The second-order valence-electron chi connectivity index (χ2n) is 19.7. The van der Waals surface area contributed by atoms with Crippen molar-refractivity contribution in [3.05, 3.63) is 47.0 Å². The van der Waals surface area contributed by atoms with Gasteiger partial charge in [-0.05, 0) is 74.8 Å². The second kappa shape index (κ2) is 19.2. The Hall–Kier alpha value is -4.36. The first kappa shape index (κ1) is 47.7. The van der Waals surface area contributed by atoms with Crippen LogP contribution in [-0.4, -0.2) is 138 Å². The van der Waals surface area contributed by atoms with E-state index in [1.165, 1.54) is 16.2 Å². The molecule has 1 N–H and O–H groups in total. The largest absolute Gasteiger partial charge is 0.491 e. The first-order valence-electron chi connectivity index (χ1n) is 23.8. The Bertz CT molecular complexity index is 2520. The first-order chi connectivity index (χ1) is 32.1. The number of morpholine rings is 1. The van der Waals surface area contributed by atoms with Crippen molar-refractivity contribution in [1.82, 2.24) is 29.4 Å². The Morgan fingerprint density at radius 3 is 2.48 bits per heavy atom. The number of Topliss-reactive ketones (excluding diaryl/α,β-unsaturated/α-hetero) is 1. The van der Waals surface area contributed by atoms with Gasteiger partial charge in [0.1, 0.15) is 52.1 Å². The van der Waals surface area contributed by atoms with Crippen molar-refractivity contribution < 1.29 is 46.5 Å². The van der Waals surface area contributed by atoms with Crippen LogP contribution in [0.4, 0.5) is 4.79 Å². The second-order valence-corrected chi connectivity index (χ2v) is 22.9. The summed E-state index contributed by atoms with van der Waals surface area (Å²) in [4.78, 5) is 73.2. The third-order valence-corrected chi connectivity index (χ3v) is 17.5. The van der Waals surface area contributed by atoms with Gasteiger partial charge in [0.2, 0.25) is 21.8 Å². The number of benzene rings is 1. The van der Waals surface area contributed by atoms with Gasteiger partial charge in [-0.25, -0.2) is 23.2 Å². The Morgan fingerprint density at radius 1 is 1.07 bits per heavy atom. The molecule has 6 atom stereocenters. The summed E-state index contributed by atoms with van der Waals surface area (Å²) in [5.74, 6) is -1.32. The number of sulfonamides is 1. The summed E-state index contributed by atoms with van der Waals surface area (Å²) in [5.41, 5.74) is 0.495. The van der Waals surface area contributed by atoms with Crippen molar-refractivity contribution in [1.29, 1.82) is 0 Å². The maximum absolute atomic E-state index is 15.0. The number of hydrogen-bond donors (Lipinski definition) is 1. The number of amides is 3. The molecule has 0 radical (unpaired) electrons. The maximum atomic E-state index is 15.0. The Morgan fingerprint density at radius 2 is 1.82 bits per heavy atom. The molecule has 3 amide bonds. The summed E-state index contributed by atoms with van der Waals surface area (Å²) in [6.07, 6.45) is 4.22. The van der Waals surface area contributed by atoms with Gasteiger partial charge in [-0.2, -0.15) is 0 Å². The summed E-state index contributed by atoms with van der Waals surface area (Å²) in [7, 11) is -3.90. The number of pyridine rings is 1. The molecular weight excluding hydrogens is 920 g/mol. The van der Waals surface area contributed by atoms with Crippen molar-refractivity contribution in [3.63, 3.8) is 0 Å². The van der Waals surface area contributed by atoms with Crippen LogP contribution in [0.15, 0.2) is 36.2 Å². The Balaban J connectivity index is 1.07. The molecule has 19 heteroatoms. The lowest BCUT2D eigenvalue weighted by Gasteiger charge is -2.46. The number of halogens is 1. The Labute approximate surface area is 401 Å². The van der Waals surface area contributed by atoms with Crippen molar-refractivity contribution in [2.24, 2.45) is 17.3 Å². The highest BCUT2D eigenvalue weighted by Gasteiger charge is 2.63. The minimum Gasteiger partial charge on any atom is -0.491 e. The van der Waals surface area contributed by atoms with E-state index in [9.17, 15) is 22.8 Å². The number of hydrogen-bond acceptors (Lipinski definition) is 14. The van der Waals surface area contributed by atoms with E-state index in [-0.39, 0.29) is 48.8 Å². The van der Waals surface area contributed by atoms with E-state index in [4.69, 9.17) is 40.5 Å². The zero-order valence-electron chi connectivity index (χ0n) is 38.6. The van der Waals surface area contributed by atoms with E-state index >= 15 is 4.79 Å². The highest BCUT2D eigenvalue weighted by Crippen LogP contribution is 2.57. The van der Waals surface area contributed by atoms with E-state index in [0.29, 0.717) is 72.3 Å². The summed E-state index contributed by atoms with van der Waals surface area (Å²) in [5, 5.41) is 2.86. The van der Waals surface area contributed by atoms with Crippen LogP contribution in [0.25, 0.3) is 21.6 Å². The standard InChI is InChI=1S/C48H61ClN6O10S2/c1-6-29-23-48(29,46(58)52-67(60,61)31-11-12-31)24-37(56)35-22-40(36-25-54(43(28(4)5)45(57)55(35)36)47(59)64-30-9-7-8-10-30)65-39-21-33(44-51-34(26-66-44)27(2)3)50-42-32(39)13-14-38(41(42)49)63-20-17-53-15-18-62-19-16-53/h6,13-14,21,26-31,35-36,40,43H,1,7-12,15-20,22-25H2,2-5H3,(H,52,58)/t29-,35+,36-,40-,43-,48-/m1/s1. The minimum atomic E-state index is -3.90. The van der Waals surface area contributed by atoms with Crippen LogP contribution in [0.3, 0.4) is 0 Å². The molecule has 3 aliphatic heterocycles. The third kappa shape index (κ3) is 9.66. The van der Waals surface area contributed by atoms with E-state index < -0.39 is 74.5 Å². The quantitative estimate of drug-likeness (QED) is 0.140. The van der Waals surface area contributed by atoms with Crippen LogP contribution in [0.5, 0.6) is 11.5 Å². The lowest BCUT2D eigenvalue weighted by Crippen LogP contribution is -2.66. The molecule has 0 unspecified atom stereocenters. The average molecular weight is 982 g/mol. The van der Waals surface area contributed by atoms with Gasteiger partial charge >= 0.3 is 6.09 Å². The van der Waals surface area contributed by atoms with Crippen LogP contribution in [0.1, 0.15) is 97.1 Å². The fourth-order valence-corrected chi connectivity index (χ4v) is 12.9. The van der Waals surface area contributed by atoms with E-state index in [2.05, 4.69) is 30.0 Å². The lowest BCUT2D eigenvalue weighted by atomic mass is 9.91. The van der Waals surface area contributed by atoms with Gasteiger partial charge in [-0.3, -0.25) is 28.9 Å². The van der Waals surface area contributed by atoms with Crippen molar-refractivity contribution in [3.8, 4) is 22.2 Å². The molecule has 5 heterocycles. The summed E-state index contributed by atoms with van der Waals surface area (Å²) < 4.78 is 53.0. The van der Waals surface area contributed by atoms with Gasteiger partial charge in [-0.1, -0.05) is 45.4 Å². The number of nitrogens with zero attached hydrogens (tertiary/aromatic N) is 5. The predicted molar refractivity (Wildman–Crippen MR) is 253 cm³/mol. The van der Waals surface area contributed by atoms with E-state index in [1.807, 2.05) is 25.3 Å². The number of ketones is 1. The molecule has 1 aromatic carbocycles. The predicted octanol–water partition coefficient (Wildman–Crippen LogP) is 6.74. The zero-order valence-corrected chi connectivity index (χ0v) is 41.0. The summed E-state index contributed by atoms with van der Waals surface area (Å²) in [6.45, 7) is 15.8. The topological polar surface area (TPSA) is 187 Å². The number of piperazine rings is 1. The number of carbonyl (C=O) groups excluding carboxylic acids is 4. The van der Waals surface area contributed by atoms with Gasteiger partial charge in [-0.15, -0.1) is 17.9 Å².